The maximum atomic E-state index is 5.84. The molecule has 0 aromatic carbocycles. The van der Waals surface area contributed by atoms with Crippen LogP contribution < -0.4 is 5.73 Å². The summed E-state index contributed by atoms with van der Waals surface area (Å²) < 4.78 is 2.23. The van der Waals surface area contributed by atoms with Crippen LogP contribution in [0.2, 0.25) is 0 Å². The van der Waals surface area contributed by atoms with Gasteiger partial charge in [0.05, 0.1) is 0 Å². The monoisotopic (exact) mass is 289 g/mol. The summed E-state index contributed by atoms with van der Waals surface area (Å²) >= 11 is 1.58. The number of fused-ring (bicyclic) bond motifs is 1. The zero-order chi connectivity index (χ0) is 13.9. The molecule has 1 aliphatic heterocycles. The van der Waals surface area contributed by atoms with E-state index in [0.29, 0.717) is 0 Å². The minimum Gasteiger partial charge on any atom is -0.324 e. The number of rotatable bonds is 3. The van der Waals surface area contributed by atoms with Gasteiger partial charge in [0.15, 0.2) is 5.16 Å². The van der Waals surface area contributed by atoms with Crippen molar-refractivity contribution in [3.05, 3.63) is 29.7 Å². The standard InChI is InChI=1S/C14H19N5S/c1-10(15)11-6-7-13(16-9-11)20-14-18-17-12-5-3-2-4-8-19(12)14/h6-7,9-10H,2-5,8,15H2,1H3/t10-/m1/s1. The quantitative estimate of drug-likeness (QED) is 0.940. The van der Waals surface area contributed by atoms with Crippen molar-refractivity contribution in [3.63, 3.8) is 0 Å². The first-order valence-electron chi connectivity index (χ1n) is 7.05. The molecule has 106 valence electrons. The van der Waals surface area contributed by atoms with Gasteiger partial charge in [-0.1, -0.05) is 12.5 Å². The van der Waals surface area contributed by atoms with Crippen molar-refractivity contribution in [1.29, 1.82) is 0 Å². The summed E-state index contributed by atoms with van der Waals surface area (Å²) in [6.07, 6.45) is 6.56. The van der Waals surface area contributed by atoms with Crippen LogP contribution >= 0.6 is 11.8 Å². The molecular weight excluding hydrogens is 270 g/mol. The molecule has 0 spiro atoms. The van der Waals surface area contributed by atoms with E-state index in [0.717, 1.165) is 34.5 Å². The molecule has 0 bridgehead atoms. The Morgan fingerprint density at radius 1 is 1.25 bits per heavy atom. The average Bonchev–Trinajstić information content (AvgIpc) is 2.69. The lowest BCUT2D eigenvalue weighted by Crippen LogP contribution is -2.05. The van der Waals surface area contributed by atoms with Crippen LogP contribution in [0.15, 0.2) is 28.5 Å². The van der Waals surface area contributed by atoms with Crippen molar-refractivity contribution in [3.8, 4) is 0 Å². The van der Waals surface area contributed by atoms with Crippen molar-refractivity contribution >= 4 is 11.8 Å². The molecule has 2 N–H and O–H groups in total. The Bertz CT molecular complexity index is 576. The molecule has 0 fully saturated rings. The highest BCUT2D eigenvalue weighted by Crippen LogP contribution is 2.27. The van der Waals surface area contributed by atoms with Gasteiger partial charge >= 0.3 is 0 Å². The van der Waals surface area contributed by atoms with Gasteiger partial charge in [0.1, 0.15) is 10.9 Å². The number of aromatic nitrogens is 4. The van der Waals surface area contributed by atoms with Crippen molar-refractivity contribution in [2.24, 2.45) is 5.73 Å². The average molecular weight is 289 g/mol. The minimum absolute atomic E-state index is 0.0194. The number of aryl methyl sites for hydroxylation is 1. The van der Waals surface area contributed by atoms with E-state index in [4.69, 9.17) is 5.73 Å². The molecule has 1 atom stereocenters. The summed E-state index contributed by atoms with van der Waals surface area (Å²) in [6.45, 7) is 2.98. The van der Waals surface area contributed by atoms with Crippen LogP contribution in [0.25, 0.3) is 0 Å². The Labute approximate surface area is 123 Å². The molecule has 20 heavy (non-hydrogen) atoms. The number of hydrogen-bond donors (Lipinski definition) is 1. The van der Waals surface area contributed by atoms with E-state index in [1.807, 2.05) is 25.3 Å². The van der Waals surface area contributed by atoms with Gasteiger partial charge in [-0.3, -0.25) is 0 Å². The fourth-order valence-corrected chi connectivity index (χ4v) is 3.17. The predicted octanol–water partition coefficient (Wildman–Crippen LogP) is 2.57. The Kier molecular flexibility index (Phi) is 4.03. The predicted molar refractivity (Wildman–Crippen MR) is 78.5 cm³/mol. The molecule has 2 aromatic heterocycles. The van der Waals surface area contributed by atoms with E-state index in [9.17, 15) is 0 Å². The Morgan fingerprint density at radius 2 is 2.15 bits per heavy atom. The summed E-state index contributed by atoms with van der Waals surface area (Å²) in [4.78, 5) is 4.45. The zero-order valence-corrected chi connectivity index (χ0v) is 12.4. The lowest BCUT2D eigenvalue weighted by molar-refractivity contribution is 0.590. The smallest absolute Gasteiger partial charge is 0.197 e. The molecule has 0 aliphatic carbocycles. The highest BCUT2D eigenvalue weighted by molar-refractivity contribution is 7.99. The van der Waals surface area contributed by atoms with Crippen LogP contribution in [-0.4, -0.2) is 19.7 Å². The third-order valence-corrected chi connectivity index (χ3v) is 4.49. The Hall–Kier alpha value is -1.40. The highest BCUT2D eigenvalue weighted by Gasteiger charge is 2.15. The minimum atomic E-state index is 0.0194. The molecule has 0 saturated carbocycles. The van der Waals surface area contributed by atoms with Crippen molar-refractivity contribution in [2.45, 2.75) is 55.4 Å². The van der Waals surface area contributed by atoms with Crippen LogP contribution in [0.3, 0.4) is 0 Å². The number of pyridine rings is 1. The molecule has 3 heterocycles. The molecule has 2 aromatic rings. The first-order valence-corrected chi connectivity index (χ1v) is 7.87. The first kappa shape index (κ1) is 13.6. The molecule has 6 heteroatoms. The lowest BCUT2D eigenvalue weighted by atomic mass is 10.2. The molecular formula is C14H19N5S. The summed E-state index contributed by atoms with van der Waals surface area (Å²) in [5.74, 6) is 1.11. The maximum Gasteiger partial charge on any atom is 0.197 e. The van der Waals surface area contributed by atoms with Gasteiger partial charge in [-0.15, -0.1) is 10.2 Å². The van der Waals surface area contributed by atoms with Gasteiger partial charge in [0.25, 0.3) is 0 Å². The fraction of sp³-hybridized carbons (Fsp3) is 0.500. The number of nitrogens with two attached hydrogens (primary N) is 1. The van der Waals surface area contributed by atoms with E-state index in [1.54, 1.807) is 11.8 Å². The number of nitrogens with zero attached hydrogens (tertiary/aromatic N) is 4. The molecule has 3 rings (SSSR count). The molecule has 0 amide bonds. The molecule has 0 unspecified atom stereocenters. The van der Waals surface area contributed by atoms with Gasteiger partial charge in [0.2, 0.25) is 0 Å². The van der Waals surface area contributed by atoms with Gasteiger partial charge < -0.3 is 10.3 Å². The fourth-order valence-electron chi connectivity index (χ4n) is 2.35. The van der Waals surface area contributed by atoms with Gasteiger partial charge in [-0.05, 0) is 43.2 Å². The third-order valence-electron chi connectivity index (χ3n) is 3.56. The third kappa shape index (κ3) is 2.86. The van der Waals surface area contributed by atoms with Crippen LogP contribution in [0.1, 0.15) is 43.6 Å². The lowest BCUT2D eigenvalue weighted by Gasteiger charge is -2.07. The SMILES string of the molecule is C[C@@H](N)c1ccc(Sc2nnc3n2CCCCC3)nc1. The molecule has 1 aliphatic rings. The Morgan fingerprint density at radius 3 is 2.90 bits per heavy atom. The van der Waals surface area contributed by atoms with Crippen LogP contribution in [0, 0.1) is 0 Å². The van der Waals surface area contributed by atoms with E-state index in [2.05, 4.69) is 19.7 Å². The number of hydrogen-bond acceptors (Lipinski definition) is 5. The molecule has 0 saturated heterocycles. The van der Waals surface area contributed by atoms with Crippen molar-refractivity contribution in [2.75, 3.05) is 0 Å². The summed E-state index contributed by atoms with van der Waals surface area (Å²) in [5.41, 5.74) is 6.89. The van der Waals surface area contributed by atoms with Crippen LogP contribution in [0.5, 0.6) is 0 Å². The largest absolute Gasteiger partial charge is 0.324 e. The van der Waals surface area contributed by atoms with E-state index < -0.39 is 0 Å². The van der Waals surface area contributed by atoms with Gasteiger partial charge in [-0.25, -0.2) is 4.98 Å². The molecule has 5 nitrogen and oxygen atoms in total. The van der Waals surface area contributed by atoms with Crippen LogP contribution in [0.4, 0.5) is 0 Å². The molecule has 0 radical (unpaired) electrons. The van der Waals surface area contributed by atoms with E-state index >= 15 is 0 Å². The Balaban J connectivity index is 1.79. The maximum absolute atomic E-state index is 5.84. The first-order chi connectivity index (χ1) is 9.74. The van der Waals surface area contributed by atoms with Gasteiger partial charge in [-0.2, -0.15) is 0 Å². The van der Waals surface area contributed by atoms with E-state index in [-0.39, 0.29) is 6.04 Å². The topological polar surface area (TPSA) is 69.6 Å². The summed E-state index contributed by atoms with van der Waals surface area (Å²) in [5, 5.41) is 10.5. The second-order valence-corrected chi connectivity index (χ2v) is 6.17. The zero-order valence-electron chi connectivity index (χ0n) is 11.6. The van der Waals surface area contributed by atoms with Crippen molar-refractivity contribution in [1.82, 2.24) is 19.7 Å². The normalized spacial score (nSPS) is 16.5. The second-order valence-electron chi connectivity index (χ2n) is 5.18. The van der Waals surface area contributed by atoms with E-state index in [1.165, 1.54) is 19.3 Å². The van der Waals surface area contributed by atoms with Crippen LogP contribution in [-0.2, 0) is 13.0 Å². The highest BCUT2D eigenvalue weighted by atomic mass is 32.2. The second kappa shape index (κ2) is 5.93. The van der Waals surface area contributed by atoms with Crippen molar-refractivity contribution < 1.29 is 0 Å². The summed E-state index contributed by atoms with van der Waals surface area (Å²) in [7, 11) is 0. The summed E-state index contributed by atoms with van der Waals surface area (Å²) in [6, 6.07) is 4.05. The van der Waals surface area contributed by atoms with Gasteiger partial charge in [0, 0.05) is 25.2 Å².